The summed E-state index contributed by atoms with van der Waals surface area (Å²) in [6, 6.07) is 9.91. The fourth-order valence-corrected chi connectivity index (χ4v) is 5.94. The third kappa shape index (κ3) is 15.2. The topological polar surface area (TPSA) is 82.2 Å². The van der Waals surface area contributed by atoms with Crippen LogP contribution in [-0.2, 0) is 19.1 Å². The third-order valence-corrected chi connectivity index (χ3v) is 8.94. The molecule has 0 aromatic heterocycles. The molecule has 4 fully saturated rings. The molecule has 3 heterocycles. The summed E-state index contributed by atoms with van der Waals surface area (Å²) >= 11 is 5.54. The largest absolute Gasteiger partial charge is 0.378 e. The van der Waals surface area contributed by atoms with Gasteiger partial charge in [0.15, 0.2) is 0 Å². The molecule has 44 heavy (non-hydrogen) atoms. The summed E-state index contributed by atoms with van der Waals surface area (Å²) < 4.78 is 5.00. The molecule has 3 saturated heterocycles. The quantitative estimate of drug-likeness (QED) is 0.400. The molecule has 3 aliphatic heterocycles. The van der Waals surface area contributed by atoms with E-state index in [1.165, 1.54) is 38.5 Å². The highest BCUT2D eigenvalue weighted by Crippen LogP contribution is 2.27. The number of hydrogen-bond donors (Lipinski definition) is 1. The Labute approximate surface area is 272 Å². The van der Waals surface area contributed by atoms with E-state index in [1.807, 2.05) is 37.3 Å². The second-order valence-electron chi connectivity index (χ2n) is 13.5. The van der Waals surface area contributed by atoms with E-state index in [4.69, 9.17) is 16.3 Å². The zero-order valence-electron chi connectivity index (χ0n) is 28.1. The predicted molar refractivity (Wildman–Crippen MR) is 180 cm³/mol. The van der Waals surface area contributed by atoms with Crippen LogP contribution in [0, 0.1) is 11.8 Å². The average Bonchev–Trinajstić information content (AvgIpc) is 3.74. The molecule has 0 spiro atoms. The van der Waals surface area contributed by atoms with Crippen LogP contribution in [0.4, 0.5) is 0 Å². The lowest BCUT2D eigenvalue weighted by Gasteiger charge is -2.31. The van der Waals surface area contributed by atoms with Crippen LogP contribution in [0.25, 0.3) is 0 Å². The van der Waals surface area contributed by atoms with Crippen LogP contribution in [0.15, 0.2) is 30.3 Å². The van der Waals surface area contributed by atoms with Crippen molar-refractivity contribution in [2.24, 2.45) is 11.8 Å². The molecule has 1 atom stereocenters. The molecule has 3 amide bonds. The average molecular weight is 635 g/mol. The maximum atomic E-state index is 12.2. The van der Waals surface area contributed by atoms with Gasteiger partial charge in [0.1, 0.15) is 0 Å². The number of carbonyl (C=O) groups is 3. The van der Waals surface area contributed by atoms with Gasteiger partial charge in [0, 0.05) is 55.7 Å². The number of benzene rings is 1. The number of ether oxygens (including phenoxy) is 1. The lowest BCUT2D eigenvalue weighted by atomic mass is 9.87. The van der Waals surface area contributed by atoms with Crippen molar-refractivity contribution in [3.8, 4) is 0 Å². The van der Waals surface area contributed by atoms with Gasteiger partial charge in [0.05, 0.1) is 19.1 Å². The Morgan fingerprint density at radius 3 is 2.02 bits per heavy atom. The zero-order chi connectivity index (χ0) is 32.4. The fraction of sp³-hybridized carbons (Fsp3) is 0.743. The van der Waals surface area contributed by atoms with Gasteiger partial charge in [-0.05, 0) is 96.7 Å². The van der Waals surface area contributed by atoms with Crippen molar-refractivity contribution in [2.75, 3.05) is 52.5 Å². The van der Waals surface area contributed by atoms with Crippen LogP contribution < -0.4 is 5.32 Å². The standard InChI is InChI=1S/C13H24N2O.C11H21NO.C6H5Cl.C5H9NO2/c1-13(2,3)15-9-6-11(10-15)12(16)14-7-4-5-8-14;1-3-4-11(13)12-10-7-5-9(2)6-8-10;7-6-4-2-1-3-5-6;7-5-6-1-3-8-4-2-6/h11H,4-10H2,1-3H3;9-10H,3-8H2,1-2H3,(H,12,13);1-5H;5H,1-4H2/t11-;;;/m0.../s1. The first-order chi connectivity index (χ1) is 21.0. The molecule has 1 saturated carbocycles. The number of likely N-dealkylation sites (tertiary alicyclic amines) is 2. The van der Waals surface area contributed by atoms with Crippen molar-refractivity contribution in [3.63, 3.8) is 0 Å². The smallest absolute Gasteiger partial charge is 0.227 e. The molecule has 0 bridgehead atoms. The molecule has 1 aromatic rings. The van der Waals surface area contributed by atoms with Crippen LogP contribution in [0.2, 0.25) is 5.02 Å². The van der Waals surface area contributed by atoms with Crippen molar-refractivity contribution in [2.45, 2.75) is 104 Å². The first-order valence-corrected chi connectivity index (χ1v) is 17.2. The van der Waals surface area contributed by atoms with E-state index >= 15 is 0 Å². The second kappa shape index (κ2) is 20.8. The normalized spacial score (nSPS) is 23.6. The Balaban J connectivity index is 0.000000216. The van der Waals surface area contributed by atoms with Gasteiger partial charge in [-0.3, -0.25) is 19.3 Å². The first-order valence-electron chi connectivity index (χ1n) is 16.8. The first kappa shape index (κ1) is 38.0. The Hall–Kier alpha value is -2.16. The highest BCUT2D eigenvalue weighted by molar-refractivity contribution is 6.30. The van der Waals surface area contributed by atoms with Crippen molar-refractivity contribution in [1.82, 2.24) is 20.0 Å². The molecule has 1 N–H and O–H groups in total. The Morgan fingerprint density at radius 2 is 1.57 bits per heavy atom. The minimum absolute atomic E-state index is 0.208. The lowest BCUT2D eigenvalue weighted by Crippen LogP contribution is -2.41. The van der Waals surface area contributed by atoms with Gasteiger partial charge >= 0.3 is 0 Å². The fourth-order valence-electron chi connectivity index (χ4n) is 5.80. The van der Waals surface area contributed by atoms with E-state index in [0.717, 1.165) is 69.5 Å². The van der Waals surface area contributed by atoms with Gasteiger partial charge in [0.2, 0.25) is 18.2 Å². The van der Waals surface area contributed by atoms with E-state index in [9.17, 15) is 14.4 Å². The lowest BCUT2D eigenvalue weighted by molar-refractivity contribution is -0.134. The van der Waals surface area contributed by atoms with E-state index in [2.05, 4.69) is 42.8 Å². The molecule has 0 radical (unpaired) electrons. The van der Waals surface area contributed by atoms with E-state index in [0.29, 0.717) is 31.6 Å². The maximum absolute atomic E-state index is 12.2. The molecule has 250 valence electrons. The van der Waals surface area contributed by atoms with Crippen LogP contribution in [0.3, 0.4) is 0 Å². The van der Waals surface area contributed by atoms with Crippen LogP contribution >= 0.6 is 11.6 Å². The molecule has 4 aliphatic rings. The van der Waals surface area contributed by atoms with Crippen molar-refractivity contribution >= 4 is 29.8 Å². The van der Waals surface area contributed by atoms with Crippen LogP contribution in [0.1, 0.15) is 92.4 Å². The number of halogens is 1. The van der Waals surface area contributed by atoms with Gasteiger partial charge in [0.25, 0.3) is 0 Å². The third-order valence-electron chi connectivity index (χ3n) is 8.69. The van der Waals surface area contributed by atoms with E-state index in [-0.39, 0.29) is 17.4 Å². The number of amides is 3. The number of nitrogens with zero attached hydrogens (tertiary/aromatic N) is 3. The van der Waals surface area contributed by atoms with Gasteiger partial charge < -0.3 is 19.9 Å². The Morgan fingerprint density at radius 1 is 0.955 bits per heavy atom. The SMILES string of the molecule is CC(C)(C)N1CC[C@H](C(=O)N2CCCC2)C1.CCCC(=O)NC1CCC(C)CC1.Clc1ccccc1.O=CN1CCOCC1. The van der Waals surface area contributed by atoms with Gasteiger partial charge in [-0.1, -0.05) is 43.6 Å². The number of hydrogen-bond acceptors (Lipinski definition) is 5. The van der Waals surface area contributed by atoms with Crippen molar-refractivity contribution in [1.29, 1.82) is 0 Å². The minimum Gasteiger partial charge on any atom is -0.378 e. The number of morpholine rings is 1. The highest BCUT2D eigenvalue weighted by atomic mass is 35.5. The molecule has 9 heteroatoms. The molecule has 0 unspecified atom stereocenters. The molecular weight excluding hydrogens is 576 g/mol. The summed E-state index contributed by atoms with van der Waals surface area (Å²) in [5.74, 6) is 1.77. The Bertz CT molecular complexity index is 938. The predicted octanol–water partition coefficient (Wildman–Crippen LogP) is 6.03. The molecule has 5 rings (SSSR count). The second-order valence-corrected chi connectivity index (χ2v) is 13.9. The highest BCUT2D eigenvalue weighted by Gasteiger charge is 2.36. The molecule has 8 nitrogen and oxygen atoms in total. The monoisotopic (exact) mass is 634 g/mol. The summed E-state index contributed by atoms with van der Waals surface area (Å²) in [5.41, 5.74) is 0.208. The number of carbonyl (C=O) groups excluding carboxylic acids is 3. The summed E-state index contributed by atoms with van der Waals surface area (Å²) in [5, 5.41) is 3.90. The van der Waals surface area contributed by atoms with E-state index in [1.54, 1.807) is 4.90 Å². The van der Waals surface area contributed by atoms with Crippen LogP contribution in [-0.4, -0.2) is 97.0 Å². The number of rotatable bonds is 5. The summed E-state index contributed by atoms with van der Waals surface area (Å²) in [6.07, 6.45) is 10.8. The summed E-state index contributed by atoms with van der Waals surface area (Å²) in [7, 11) is 0. The van der Waals surface area contributed by atoms with Gasteiger partial charge in [-0.2, -0.15) is 0 Å². The number of nitrogens with one attached hydrogen (secondary N) is 1. The minimum atomic E-state index is 0.208. The van der Waals surface area contributed by atoms with Crippen LogP contribution in [0.5, 0.6) is 0 Å². The summed E-state index contributed by atoms with van der Waals surface area (Å²) in [4.78, 5) is 39.7. The molecule has 1 aromatic carbocycles. The van der Waals surface area contributed by atoms with E-state index < -0.39 is 0 Å². The zero-order valence-corrected chi connectivity index (χ0v) is 28.8. The van der Waals surface area contributed by atoms with Crippen molar-refractivity contribution < 1.29 is 19.1 Å². The molecule has 1 aliphatic carbocycles. The molecular formula is C35H59ClN4O4. The maximum Gasteiger partial charge on any atom is 0.227 e. The van der Waals surface area contributed by atoms with Crippen molar-refractivity contribution in [3.05, 3.63) is 35.4 Å². The van der Waals surface area contributed by atoms with Gasteiger partial charge in [-0.15, -0.1) is 0 Å². The Kier molecular flexibility index (Phi) is 18.0. The summed E-state index contributed by atoms with van der Waals surface area (Å²) in [6.45, 7) is 17.9. The van der Waals surface area contributed by atoms with Gasteiger partial charge in [-0.25, -0.2) is 0 Å².